The molecular formula is C20H23N5O2. The number of hydrogen-bond donors (Lipinski definition) is 1. The fourth-order valence-electron chi connectivity index (χ4n) is 3.03. The molecule has 0 unspecified atom stereocenters. The van der Waals surface area contributed by atoms with Crippen molar-refractivity contribution in [3.63, 3.8) is 0 Å². The lowest BCUT2D eigenvalue weighted by Crippen LogP contribution is -2.36. The first kappa shape index (κ1) is 18.6. The first-order chi connectivity index (χ1) is 13.1. The van der Waals surface area contributed by atoms with Crippen molar-refractivity contribution in [3.8, 4) is 5.75 Å². The van der Waals surface area contributed by atoms with E-state index in [9.17, 15) is 4.79 Å². The third-order valence-electron chi connectivity index (χ3n) is 4.47. The summed E-state index contributed by atoms with van der Waals surface area (Å²) >= 11 is 0. The van der Waals surface area contributed by atoms with E-state index in [4.69, 9.17) is 4.74 Å². The summed E-state index contributed by atoms with van der Waals surface area (Å²) in [4.78, 5) is 13.0. The van der Waals surface area contributed by atoms with Crippen LogP contribution < -0.4 is 10.1 Å². The second-order valence-electron chi connectivity index (χ2n) is 6.47. The smallest absolute Gasteiger partial charge is 0.245 e. The van der Waals surface area contributed by atoms with Crippen molar-refractivity contribution in [1.82, 2.24) is 25.5 Å². The Morgan fingerprint density at radius 2 is 2.00 bits per heavy atom. The number of amides is 1. The zero-order chi connectivity index (χ0) is 19.2. The van der Waals surface area contributed by atoms with Crippen LogP contribution in [-0.4, -0.2) is 33.2 Å². The van der Waals surface area contributed by atoms with Gasteiger partial charge in [0, 0.05) is 12.0 Å². The molecule has 0 saturated carbocycles. The fourth-order valence-corrected chi connectivity index (χ4v) is 3.03. The molecule has 2 atom stereocenters. The number of aromatic nitrogens is 4. The molecule has 3 aromatic rings. The molecule has 3 rings (SSSR count). The van der Waals surface area contributed by atoms with E-state index in [1.165, 1.54) is 11.0 Å². The molecule has 2 aromatic carbocycles. The summed E-state index contributed by atoms with van der Waals surface area (Å²) in [6.07, 6.45) is 1.96. The van der Waals surface area contributed by atoms with Crippen LogP contribution in [0.5, 0.6) is 5.75 Å². The van der Waals surface area contributed by atoms with Gasteiger partial charge in [-0.2, -0.15) is 0 Å². The van der Waals surface area contributed by atoms with Gasteiger partial charge in [-0.15, -0.1) is 5.10 Å². The number of ether oxygens (including phenoxy) is 1. The molecule has 140 valence electrons. The van der Waals surface area contributed by atoms with Crippen molar-refractivity contribution in [2.24, 2.45) is 0 Å². The van der Waals surface area contributed by atoms with Gasteiger partial charge in [-0.3, -0.25) is 4.79 Å². The van der Waals surface area contributed by atoms with Crippen molar-refractivity contribution in [3.05, 3.63) is 71.5 Å². The van der Waals surface area contributed by atoms with E-state index in [0.717, 1.165) is 22.4 Å². The second-order valence-corrected chi connectivity index (χ2v) is 6.47. The van der Waals surface area contributed by atoms with Crippen LogP contribution in [0.25, 0.3) is 0 Å². The van der Waals surface area contributed by atoms with Crippen LogP contribution in [0.15, 0.2) is 54.9 Å². The lowest BCUT2D eigenvalue weighted by Gasteiger charge is -2.22. The highest BCUT2D eigenvalue weighted by Gasteiger charge is 2.25. The zero-order valence-corrected chi connectivity index (χ0v) is 15.7. The highest BCUT2D eigenvalue weighted by Crippen LogP contribution is 2.26. The predicted molar refractivity (Wildman–Crippen MR) is 101 cm³/mol. The number of tetrazole rings is 1. The summed E-state index contributed by atoms with van der Waals surface area (Å²) in [7, 11) is 1.63. The number of nitrogens with zero attached hydrogens (tertiary/aromatic N) is 4. The Morgan fingerprint density at radius 1 is 1.22 bits per heavy atom. The topological polar surface area (TPSA) is 81.9 Å². The van der Waals surface area contributed by atoms with E-state index in [1.54, 1.807) is 7.11 Å². The Labute approximate surface area is 158 Å². The Balaban J connectivity index is 1.81. The quantitative estimate of drug-likeness (QED) is 0.696. The zero-order valence-electron chi connectivity index (χ0n) is 15.7. The molecule has 1 amide bonds. The highest BCUT2D eigenvalue weighted by atomic mass is 16.5. The maximum Gasteiger partial charge on any atom is 0.245 e. The number of benzene rings is 2. The van der Waals surface area contributed by atoms with Crippen LogP contribution in [0.2, 0.25) is 0 Å². The maximum absolute atomic E-state index is 13.0. The van der Waals surface area contributed by atoms with Crippen LogP contribution in [-0.2, 0) is 11.2 Å². The van der Waals surface area contributed by atoms with E-state index in [0.29, 0.717) is 6.42 Å². The Kier molecular flexibility index (Phi) is 5.80. The number of hydrogen-bond acceptors (Lipinski definition) is 5. The van der Waals surface area contributed by atoms with Crippen molar-refractivity contribution in [2.45, 2.75) is 32.4 Å². The van der Waals surface area contributed by atoms with Gasteiger partial charge in [0.2, 0.25) is 5.91 Å². The van der Waals surface area contributed by atoms with Crippen LogP contribution in [0.1, 0.15) is 35.7 Å². The van der Waals surface area contributed by atoms with Crippen molar-refractivity contribution in [1.29, 1.82) is 0 Å². The number of nitrogens with one attached hydrogen (secondary N) is 1. The Morgan fingerprint density at radius 3 is 2.67 bits per heavy atom. The van der Waals surface area contributed by atoms with Gasteiger partial charge < -0.3 is 10.1 Å². The van der Waals surface area contributed by atoms with Crippen LogP contribution in [0.3, 0.4) is 0 Å². The minimum absolute atomic E-state index is 0.151. The summed E-state index contributed by atoms with van der Waals surface area (Å²) in [5, 5.41) is 14.4. The highest BCUT2D eigenvalue weighted by molar-refractivity contribution is 5.81. The minimum Gasteiger partial charge on any atom is -0.496 e. The molecule has 0 aliphatic rings. The van der Waals surface area contributed by atoms with E-state index < -0.39 is 6.04 Å². The largest absolute Gasteiger partial charge is 0.496 e. The van der Waals surface area contributed by atoms with E-state index >= 15 is 0 Å². The molecule has 0 radical (unpaired) electrons. The van der Waals surface area contributed by atoms with Gasteiger partial charge in [0.05, 0.1) is 13.2 Å². The van der Waals surface area contributed by atoms with Gasteiger partial charge in [-0.05, 0) is 35.9 Å². The number of carbonyl (C=O) groups excluding carboxylic acids is 1. The Hall–Kier alpha value is -3.22. The van der Waals surface area contributed by atoms with Gasteiger partial charge in [0.15, 0.2) is 0 Å². The number of carbonyl (C=O) groups is 1. The molecule has 0 bridgehead atoms. The third-order valence-corrected chi connectivity index (χ3v) is 4.47. The molecule has 0 fully saturated rings. The molecule has 7 nitrogen and oxygen atoms in total. The van der Waals surface area contributed by atoms with Gasteiger partial charge in [-0.1, -0.05) is 48.0 Å². The van der Waals surface area contributed by atoms with Gasteiger partial charge in [-0.25, -0.2) is 4.68 Å². The summed E-state index contributed by atoms with van der Waals surface area (Å²) in [6, 6.07) is 15.0. The average Bonchev–Trinajstić information content (AvgIpc) is 3.21. The van der Waals surface area contributed by atoms with Crippen LogP contribution in [0.4, 0.5) is 0 Å². The molecule has 0 aliphatic heterocycles. The molecule has 27 heavy (non-hydrogen) atoms. The van der Waals surface area contributed by atoms with Crippen LogP contribution >= 0.6 is 0 Å². The summed E-state index contributed by atoms with van der Waals surface area (Å²) in [6.45, 7) is 3.95. The first-order valence-electron chi connectivity index (χ1n) is 8.79. The van der Waals surface area contributed by atoms with Gasteiger partial charge in [0.25, 0.3) is 0 Å². The van der Waals surface area contributed by atoms with Crippen LogP contribution in [0, 0.1) is 6.92 Å². The van der Waals surface area contributed by atoms with Gasteiger partial charge in [0.1, 0.15) is 18.1 Å². The normalized spacial score (nSPS) is 13.0. The summed E-state index contributed by atoms with van der Waals surface area (Å²) < 4.78 is 6.93. The molecule has 0 aliphatic carbocycles. The number of rotatable bonds is 7. The van der Waals surface area contributed by atoms with E-state index in [2.05, 4.69) is 20.8 Å². The molecule has 0 saturated heterocycles. The van der Waals surface area contributed by atoms with E-state index in [1.807, 2.05) is 62.4 Å². The molecule has 1 N–H and O–H groups in total. The molecule has 1 aromatic heterocycles. The monoisotopic (exact) mass is 365 g/mol. The average molecular weight is 365 g/mol. The molecule has 0 spiro atoms. The molecule has 7 heteroatoms. The predicted octanol–water partition coefficient (Wildman–Crippen LogP) is 2.65. The fraction of sp³-hybridized carbons (Fsp3) is 0.300. The minimum atomic E-state index is -0.541. The standard InChI is InChI=1S/C20H23N5O2/c1-14-9-10-19(27-3)17(11-14)15(2)22-20(26)18(25-13-21-23-24-25)12-16-7-5-4-6-8-16/h4-11,13,15,18H,12H2,1-3H3,(H,22,26)/t15-,18+/m0/s1. The molecule has 1 heterocycles. The van der Waals surface area contributed by atoms with Gasteiger partial charge >= 0.3 is 0 Å². The summed E-state index contributed by atoms with van der Waals surface area (Å²) in [5.41, 5.74) is 3.07. The number of methoxy groups -OCH3 is 1. The van der Waals surface area contributed by atoms with E-state index in [-0.39, 0.29) is 11.9 Å². The maximum atomic E-state index is 13.0. The number of aryl methyl sites for hydroxylation is 1. The first-order valence-corrected chi connectivity index (χ1v) is 8.79. The lowest BCUT2D eigenvalue weighted by atomic mass is 10.0. The summed E-state index contributed by atoms with van der Waals surface area (Å²) in [5.74, 6) is 0.595. The lowest BCUT2D eigenvalue weighted by molar-refractivity contribution is -0.125. The van der Waals surface area contributed by atoms with Crippen molar-refractivity contribution < 1.29 is 9.53 Å². The SMILES string of the molecule is COc1ccc(C)cc1[C@H](C)NC(=O)[C@@H](Cc1ccccc1)n1cnnn1. The second kappa shape index (κ2) is 8.44. The third kappa shape index (κ3) is 4.49. The Bertz CT molecular complexity index is 881. The molecular weight excluding hydrogens is 342 g/mol. The van der Waals surface area contributed by atoms with Crippen molar-refractivity contribution >= 4 is 5.91 Å². The van der Waals surface area contributed by atoms with Crippen molar-refractivity contribution in [2.75, 3.05) is 7.11 Å².